The normalized spacial score (nSPS) is 14.0. The first-order chi connectivity index (χ1) is 7.90. The Morgan fingerprint density at radius 2 is 2.12 bits per heavy atom. The molecule has 0 saturated carbocycles. The van der Waals surface area contributed by atoms with Crippen LogP contribution in [0.5, 0.6) is 11.5 Å². The van der Waals surface area contributed by atoms with Gasteiger partial charge in [0.05, 0.1) is 5.56 Å². The second-order valence-corrected chi connectivity index (χ2v) is 5.30. The van der Waals surface area contributed by atoms with Crippen LogP contribution < -0.4 is 5.32 Å². The fraction of sp³-hybridized carbons (Fsp3) is 0.364. The number of amides is 1. The summed E-state index contributed by atoms with van der Waals surface area (Å²) in [7, 11) is -0.995. The predicted molar refractivity (Wildman–Crippen MR) is 65.6 cm³/mol. The highest BCUT2D eigenvalue weighted by molar-refractivity contribution is 7.84. The maximum Gasteiger partial charge on any atom is 0.255 e. The Bertz CT molecular complexity index is 447. The van der Waals surface area contributed by atoms with Crippen LogP contribution in [0.15, 0.2) is 18.2 Å². The van der Waals surface area contributed by atoms with E-state index in [-0.39, 0.29) is 23.1 Å². The molecule has 0 aliphatic carbocycles. The molecular formula is C11H15NO4S. The third-order valence-corrected chi connectivity index (χ3v) is 3.06. The summed E-state index contributed by atoms with van der Waals surface area (Å²) in [5, 5.41) is 21.2. The Hall–Kier alpha value is -1.56. The zero-order chi connectivity index (χ0) is 13.0. The van der Waals surface area contributed by atoms with Crippen LogP contribution in [0.25, 0.3) is 0 Å². The highest BCUT2D eigenvalue weighted by Gasteiger charge is 2.14. The van der Waals surface area contributed by atoms with Gasteiger partial charge < -0.3 is 15.5 Å². The van der Waals surface area contributed by atoms with Crippen LogP contribution in [0.2, 0.25) is 0 Å². The second-order valence-electron chi connectivity index (χ2n) is 3.82. The van der Waals surface area contributed by atoms with Gasteiger partial charge in [-0.05, 0) is 19.1 Å². The van der Waals surface area contributed by atoms with Gasteiger partial charge >= 0.3 is 0 Å². The lowest BCUT2D eigenvalue weighted by atomic mass is 10.1. The standard InChI is InChI=1S/C11H15NO4S/c1-7(6-17(2)16)12-11(15)9-4-3-8(13)5-10(9)14/h3-5,7,13-14H,6H2,1-2H3,(H,12,15). The van der Waals surface area contributed by atoms with E-state index in [1.807, 2.05) is 0 Å². The van der Waals surface area contributed by atoms with Crippen molar-refractivity contribution in [3.05, 3.63) is 23.8 Å². The van der Waals surface area contributed by atoms with Crippen molar-refractivity contribution >= 4 is 16.7 Å². The number of carbonyl (C=O) groups is 1. The number of phenols is 2. The van der Waals surface area contributed by atoms with Crippen molar-refractivity contribution in [2.45, 2.75) is 13.0 Å². The first-order valence-electron chi connectivity index (χ1n) is 5.03. The number of aromatic hydroxyl groups is 2. The monoisotopic (exact) mass is 257 g/mol. The minimum absolute atomic E-state index is 0.0801. The predicted octanol–water partition coefficient (Wildman–Crippen LogP) is 0.595. The van der Waals surface area contributed by atoms with Crippen molar-refractivity contribution < 1.29 is 19.2 Å². The number of hydrogen-bond acceptors (Lipinski definition) is 4. The highest BCUT2D eigenvalue weighted by Crippen LogP contribution is 2.22. The molecule has 0 saturated heterocycles. The summed E-state index contributed by atoms with van der Waals surface area (Å²) >= 11 is 0. The van der Waals surface area contributed by atoms with Crippen molar-refractivity contribution in [1.82, 2.24) is 5.32 Å². The number of benzene rings is 1. The molecule has 0 radical (unpaired) electrons. The van der Waals surface area contributed by atoms with Crippen molar-refractivity contribution in [2.75, 3.05) is 12.0 Å². The van der Waals surface area contributed by atoms with E-state index < -0.39 is 16.7 Å². The van der Waals surface area contributed by atoms with E-state index in [1.165, 1.54) is 12.1 Å². The van der Waals surface area contributed by atoms with Crippen molar-refractivity contribution in [2.24, 2.45) is 0 Å². The van der Waals surface area contributed by atoms with Gasteiger partial charge in [-0.15, -0.1) is 0 Å². The van der Waals surface area contributed by atoms with Gasteiger partial charge in [0, 0.05) is 34.9 Å². The molecule has 1 aromatic carbocycles. The van der Waals surface area contributed by atoms with Crippen LogP contribution in [0, 0.1) is 0 Å². The highest BCUT2D eigenvalue weighted by atomic mass is 32.2. The molecule has 1 amide bonds. The molecule has 1 rings (SSSR count). The van der Waals surface area contributed by atoms with E-state index in [2.05, 4.69) is 5.32 Å². The van der Waals surface area contributed by atoms with E-state index in [1.54, 1.807) is 13.2 Å². The molecular weight excluding hydrogens is 242 g/mol. The lowest BCUT2D eigenvalue weighted by molar-refractivity contribution is 0.0941. The van der Waals surface area contributed by atoms with Crippen LogP contribution in [-0.2, 0) is 10.8 Å². The molecule has 17 heavy (non-hydrogen) atoms. The number of hydrogen-bond donors (Lipinski definition) is 3. The molecule has 0 aliphatic heterocycles. The minimum atomic E-state index is -0.995. The van der Waals surface area contributed by atoms with Crippen LogP contribution in [0.1, 0.15) is 17.3 Å². The van der Waals surface area contributed by atoms with Crippen LogP contribution in [0.4, 0.5) is 0 Å². The Morgan fingerprint density at radius 3 is 2.65 bits per heavy atom. The van der Waals surface area contributed by atoms with Gasteiger partial charge in [0.1, 0.15) is 11.5 Å². The smallest absolute Gasteiger partial charge is 0.255 e. The molecule has 0 heterocycles. The van der Waals surface area contributed by atoms with Gasteiger partial charge in [-0.3, -0.25) is 9.00 Å². The summed E-state index contributed by atoms with van der Waals surface area (Å²) in [4.78, 5) is 11.7. The lowest BCUT2D eigenvalue weighted by Gasteiger charge is -2.13. The third-order valence-electron chi connectivity index (χ3n) is 2.09. The zero-order valence-corrected chi connectivity index (χ0v) is 10.5. The maximum atomic E-state index is 11.7. The maximum absolute atomic E-state index is 11.7. The molecule has 2 unspecified atom stereocenters. The van der Waals surface area contributed by atoms with Crippen LogP contribution in [0.3, 0.4) is 0 Å². The number of carbonyl (C=O) groups excluding carboxylic acids is 1. The van der Waals surface area contributed by atoms with Gasteiger partial charge in [0.2, 0.25) is 0 Å². The first-order valence-corrected chi connectivity index (χ1v) is 6.75. The molecule has 0 aromatic heterocycles. The molecule has 6 heteroatoms. The van der Waals surface area contributed by atoms with E-state index in [0.717, 1.165) is 6.07 Å². The average Bonchev–Trinajstić information content (AvgIpc) is 2.15. The topological polar surface area (TPSA) is 86.6 Å². The quantitative estimate of drug-likeness (QED) is 0.737. The number of phenolic OH excluding ortho intramolecular Hbond substituents is 2. The molecule has 2 atom stereocenters. The summed E-state index contributed by atoms with van der Waals surface area (Å²) in [6.07, 6.45) is 1.56. The third kappa shape index (κ3) is 4.07. The molecule has 3 N–H and O–H groups in total. The molecule has 0 aliphatic rings. The summed E-state index contributed by atoms with van der Waals surface area (Å²) in [5.74, 6) is -0.501. The van der Waals surface area contributed by atoms with Gasteiger partial charge in [-0.2, -0.15) is 0 Å². The Kier molecular flexibility index (Phi) is 4.51. The van der Waals surface area contributed by atoms with Gasteiger partial charge in [0.15, 0.2) is 0 Å². The molecule has 94 valence electrons. The summed E-state index contributed by atoms with van der Waals surface area (Å²) in [6.45, 7) is 1.73. The largest absolute Gasteiger partial charge is 0.508 e. The average molecular weight is 257 g/mol. The van der Waals surface area contributed by atoms with Crippen LogP contribution >= 0.6 is 0 Å². The van der Waals surface area contributed by atoms with Gasteiger partial charge in [-0.25, -0.2) is 0 Å². The fourth-order valence-corrected chi connectivity index (χ4v) is 2.19. The lowest BCUT2D eigenvalue weighted by Crippen LogP contribution is -2.36. The molecule has 5 nitrogen and oxygen atoms in total. The van der Waals surface area contributed by atoms with Gasteiger partial charge in [-0.1, -0.05) is 0 Å². The van der Waals surface area contributed by atoms with E-state index >= 15 is 0 Å². The van der Waals surface area contributed by atoms with E-state index in [4.69, 9.17) is 5.11 Å². The van der Waals surface area contributed by atoms with Crippen molar-refractivity contribution in [3.63, 3.8) is 0 Å². The fourth-order valence-electron chi connectivity index (χ4n) is 1.41. The van der Waals surface area contributed by atoms with Crippen molar-refractivity contribution in [3.8, 4) is 11.5 Å². The molecule has 0 spiro atoms. The minimum Gasteiger partial charge on any atom is -0.508 e. The Labute approximate surface area is 102 Å². The van der Waals surface area contributed by atoms with E-state index in [0.29, 0.717) is 5.75 Å². The second kappa shape index (κ2) is 5.67. The number of rotatable bonds is 4. The number of nitrogens with one attached hydrogen (secondary N) is 1. The first kappa shape index (κ1) is 13.5. The molecule has 1 aromatic rings. The summed E-state index contributed by atoms with van der Waals surface area (Å²) in [6, 6.07) is 3.49. The van der Waals surface area contributed by atoms with Crippen molar-refractivity contribution in [1.29, 1.82) is 0 Å². The zero-order valence-electron chi connectivity index (χ0n) is 9.64. The SMILES string of the molecule is CC(CS(C)=O)NC(=O)c1ccc(O)cc1O. The van der Waals surface area contributed by atoms with Gasteiger partial charge in [0.25, 0.3) is 5.91 Å². The van der Waals surface area contributed by atoms with Crippen LogP contribution in [-0.4, -0.2) is 38.4 Å². The Morgan fingerprint density at radius 1 is 1.47 bits per heavy atom. The Balaban J connectivity index is 2.73. The summed E-state index contributed by atoms with van der Waals surface area (Å²) in [5.41, 5.74) is 0.0801. The molecule has 0 bridgehead atoms. The summed E-state index contributed by atoms with van der Waals surface area (Å²) < 4.78 is 11.0. The van der Waals surface area contributed by atoms with E-state index in [9.17, 15) is 14.1 Å². The molecule has 0 fully saturated rings.